The SMILES string of the molecule is Cn1ccnc1Sc1nc(Cl)nnc1Cl. The van der Waals surface area contributed by atoms with Gasteiger partial charge in [-0.25, -0.2) is 9.97 Å². The van der Waals surface area contributed by atoms with Crippen molar-refractivity contribution in [1.82, 2.24) is 24.7 Å². The number of halogens is 2. The maximum atomic E-state index is 5.81. The second-order valence-electron chi connectivity index (χ2n) is 2.60. The van der Waals surface area contributed by atoms with E-state index in [-0.39, 0.29) is 10.4 Å². The minimum Gasteiger partial charge on any atom is -0.329 e. The maximum Gasteiger partial charge on any atom is 0.244 e. The van der Waals surface area contributed by atoms with Crippen LogP contribution in [0.5, 0.6) is 0 Å². The molecule has 0 bridgehead atoms. The van der Waals surface area contributed by atoms with Crippen LogP contribution in [0, 0.1) is 0 Å². The van der Waals surface area contributed by atoms with Crippen molar-refractivity contribution in [3.05, 3.63) is 22.8 Å². The van der Waals surface area contributed by atoms with E-state index in [9.17, 15) is 0 Å². The number of hydrogen-bond donors (Lipinski definition) is 0. The standard InChI is InChI=1S/C7H5Cl2N5S/c1-14-3-2-10-7(14)15-5-4(8)12-13-6(9)11-5/h2-3H,1H3. The number of imidazole rings is 1. The number of aryl methyl sites for hydroxylation is 1. The molecule has 0 aliphatic rings. The van der Waals surface area contributed by atoms with E-state index in [4.69, 9.17) is 23.2 Å². The third-order valence-electron chi connectivity index (χ3n) is 1.56. The van der Waals surface area contributed by atoms with Gasteiger partial charge in [0.2, 0.25) is 5.28 Å². The molecule has 0 radical (unpaired) electrons. The lowest BCUT2D eigenvalue weighted by Gasteiger charge is -2.01. The van der Waals surface area contributed by atoms with E-state index in [1.165, 1.54) is 11.8 Å². The van der Waals surface area contributed by atoms with Crippen LogP contribution in [-0.4, -0.2) is 24.7 Å². The average Bonchev–Trinajstić information content (AvgIpc) is 2.58. The van der Waals surface area contributed by atoms with Crippen molar-refractivity contribution in [3.63, 3.8) is 0 Å². The normalized spacial score (nSPS) is 10.6. The van der Waals surface area contributed by atoms with Crippen molar-refractivity contribution in [3.8, 4) is 0 Å². The maximum absolute atomic E-state index is 5.81. The Morgan fingerprint density at radius 2 is 2.13 bits per heavy atom. The minimum absolute atomic E-state index is 0.0658. The van der Waals surface area contributed by atoms with Gasteiger partial charge >= 0.3 is 0 Å². The largest absolute Gasteiger partial charge is 0.329 e. The summed E-state index contributed by atoms with van der Waals surface area (Å²) in [6.07, 6.45) is 3.51. The Kier molecular flexibility index (Phi) is 3.08. The molecule has 8 heteroatoms. The van der Waals surface area contributed by atoms with Crippen molar-refractivity contribution in [2.75, 3.05) is 0 Å². The van der Waals surface area contributed by atoms with Crippen molar-refractivity contribution >= 4 is 35.0 Å². The molecule has 2 rings (SSSR count). The smallest absolute Gasteiger partial charge is 0.244 e. The Morgan fingerprint density at radius 1 is 1.33 bits per heavy atom. The second kappa shape index (κ2) is 4.34. The minimum atomic E-state index is 0.0658. The van der Waals surface area contributed by atoms with E-state index >= 15 is 0 Å². The fraction of sp³-hybridized carbons (Fsp3) is 0.143. The van der Waals surface area contributed by atoms with E-state index in [2.05, 4.69) is 20.2 Å². The summed E-state index contributed by atoms with van der Waals surface area (Å²) >= 11 is 12.7. The molecule has 0 amide bonds. The molecule has 2 aromatic rings. The van der Waals surface area contributed by atoms with Crippen LogP contribution < -0.4 is 0 Å². The number of hydrogen-bond acceptors (Lipinski definition) is 5. The summed E-state index contributed by atoms with van der Waals surface area (Å²) in [7, 11) is 1.87. The van der Waals surface area contributed by atoms with Crippen LogP contribution in [-0.2, 0) is 7.05 Å². The molecule has 0 aromatic carbocycles. The third-order valence-corrected chi connectivity index (χ3v) is 3.14. The molecule has 0 spiro atoms. The van der Waals surface area contributed by atoms with E-state index < -0.39 is 0 Å². The average molecular weight is 262 g/mol. The van der Waals surface area contributed by atoms with Crippen LogP contribution in [0.3, 0.4) is 0 Å². The van der Waals surface area contributed by atoms with Gasteiger partial charge in [0.05, 0.1) is 0 Å². The molecule has 5 nitrogen and oxygen atoms in total. The van der Waals surface area contributed by atoms with Gasteiger partial charge in [0.15, 0.2) is 10.3 Å². The molecule has 0 saturated heterocycles. The topological polar surface area (TPSA) is 56.5 Å². The van der Waals surface area contributed by atoms with Crippen LogP contribution >= 0.6 is 35.0 Å². The quantitative estimate of drug-likeness (QED) is 0.829. The first kappa shape index (κ1) is 10.7. The van der Waals surface area contributed by atoms with Gasteiger partial charge in [0, 0.05) is 19.4 Å². The van der Waals surface area contributed by atoms with E-state index in [1.54, 1.807) is 6.20 Å². The highest BCUT2D eigenvalue weighted by Gasteiger charge is 2.10. The van der Waals surface area contributed by atoms with Crippen LogP contribution in [0.15, 0.2) is 22.6 Å². The summed E-state index contributed by atoms with van der Waals surface area (Å²) in [4.78, 5) is 8.08. The monoisotopic (exact) mass is 261 g/mol. The van der Waals surface area contributed by atoms with Gasteiger partial charge in [-0.15, -0.1) is 10.2 Å². The van der Waals surface area contributed by atoms with Gasteiger partial charge < -0.3 is 4.57 Å². The Bertz CT molecular complexity index is 486. The molecule has 15 heavy (non-hydrogen) atoms. The fourth-order valence-electron chi connectivity index (χ4n) is 0.882. The van der Waals surface area contributed by atoms with Gasteiger partial charge in [-0.3, -0.25) is 0 Å². The molecule has 2 aromatic heterocycles. The fourth-order valence-corrected chi connectivity index (χ4v) is 2.00. The van der Waals surface area contributed by atoms with Crippen molar-refractivity contribution in [1.29, 1.82) is 0 Å². The Balaban J connectivity index is 2.32. The van der Waals surface area contributed by atoms with Gasteiger partial charge in [0.1, 0.15) is 5.03 Å². The predicted octanol–water partition coefficient (Wildman–Crippen LogP) is 2.06. The lowest BCUT2D eigenvalue weighted by Crippen LogP contribution is -1.94. The first-order valence-electron chi connectivity index (χ1n) is 3.87. The van der Waals surface area contributed by atoms with Crippen LogP contribution in [0.25, 0.3) is 0 Å². The van der Waals surface area contributed by atoms with Crippen molar-refractivity contribution < 1.29 is 0 Å². The van der Waals surface area contributed by atoms with E-state index in [1.807, 2.05) is 17.8 Å². The summed E-state index contributed by atoms with van der Waals surface area (Å²) in [5, 5.41) is 8.71. The van der Waals surface area contributed by atoms with Crippen LogP contribution in [0.1, 0.15) is 0 Å². The molecule has 0 aliphatic carbocycles. The molecule has 78 valence electrons. The molecule has 0 N–H and O–H groups in total. The molecule has 0 atom stereocenters. The summed E-state index contributed by atoms with van der Waals surface area (Å²) in [5.41, 5.74) is 0. The molecule has 0 fully saturated rings. The third kappa shape index (κ3) is 2.39. The predicted molar refractivity (Wildman–Crippen MR) is 57.2 cm³/mol. The van der Waals surface area contributed by atoms with E-state index in [0.29, 0.717) is 5.03 Å². The first-order chi connectivity index (χ1) is 7.16. The highest BCUT2D eigenvalue weighted by molar-refractivity contribution is 7.99. The van der Waals surface area contributed by atoms with Gasteiger partial charge in [-0.05, 0) is 23.4 Å². The molecule has 0 aliphatic heterocycles. The summed E-state index contributed by atoms with van der Waals surface area (Å²) in [5.74, 6) is 0. The van der Waals surface area contributed by atoms with Gasteiger partial charge in [0.25, 0.3) is 0 Å². The first-order valence-corrected chi connectivity index (χ1v) is 5.45. The summed E-state index contributed by atoms with van der Waals surface area (Å²) < 4.78 is 1.84. The lowest BCUT2D eigenvalue weighted by molar-refractivity contribution is 0.786. The Morgan fingerprint density at radius 3 is 2.80 bits per heavy atom. The Labute approximate surface area is 99.8 Å². The Hall–Kier alpha value is -0.850. The zero-order chi connectivity index (χ0) is 10.8. The number of rotatable bonds is 2. The number of nitrogens with zero attached hydrogens (tertiary/aromatic N) is 5. The zero-order valence-corrected chi connectivity index (χ0v) is 9.88. The van der Waals surface area contributed by atoms with Gasteiger partial charge in [-0.1, -0.05) is 11.6 Å². The summed E-state index contributed by atoms with van der Waals surface area (Å²) in [6.45, 7) is 0. The number of aromatic nitrogens is 5. The van der Waals surface area contributed by atoms with Crippen molar-refractivity contribution in [2.45, 2.75) is 10.2 Å². The molecule has 0 unspecified atom stereocenters. The highest BCUT2D eigenvalue weighted by atomic mass is 35.5. The lowest BCUT2D eigenvalue weighted by atomic mass is 10.9. The molecule has 0 saturated carbocycles. The molecule has 2 heterocycles. The van der Waals surface area contributed by atoms with E-state index in [0.717, 1.165) is 5.16 Å². The molecular weight excluding hydrogens is 257 g/mol. The van der Waals surface area contributed by atoms with Gasteiger partial charge in [-0.2, -0.15) is 0 Å². The zero-order valence-electron chi connectivity index (χ0n) is 7.55. The second-order valence-corrected chi connectivity index (χ2v) is 4.25. The van der Waals surface area contributed by atoms with Crippen molar-refractivity contribution in [2.24, 2.45) is 7.05 Å². The van der Waals surface area contributed by atoms with Crippen LogP contribution in [0.2, 0.25) is 10.4 Å². The summed E-state index contributed by atoms with van der Waals surface area (Å²) in [6, 6.07) is 0. The van der Waals surface area contributed by atoms with Crippen LogP contribution in [0.4, 0.5) is 0 Å². The highest BCUT2D eigenvalue weighted by Crippen LogP contribution is 2.28. The molecular formula is C7H5Cl2N5S.